The van der Waals surface area contributed by atoms with E-state index in [0.717, 1.165) is 29.1 Å². The van der Waals surface area contributed by atoms with Gasteiger partial charge in [-0.1, -0.05) is 30.3 Å². The van der Waals surface area contributed by atoms with Crippen molar-refractivity contribution in [2.45, 2.75) is 38.3 Å². The molecule has 0 aliphatic carbocycles. The molecule has 0 bridgehead atoms. The van der Waals surface area contributed by atoms with E-state index in [1.54, 1.807) is 29.2 Å². The molecule has 7 nitrogen and oxygen atoms in total. The molecule has 7 heteroatoms. The molecule has 1 atom stereocenters. The third-order valence-corrected chi connectivity index (χ3v) is 5.50. The maximum Gasteiger partial charge on any atom is 0.329 e. The van der Waals surface area contributed by atoms with Crippen LogP contribution < -0.4 is 15.0 Å². The van der Waals surface area contributed by atoms with E-state index >= 15 is 0 Å². The van der Waals surface area contributed by atoms with Crippen LogP contribution in [-0.4, -0.2) is 48.0 Å². The largest absolute Gasteiger partial charge is 0.490 e. The van der Waals surface area contributed by atoms with Crippen LogP contribution in [0.4, 0.5) is 10.5 Å². The first-order valence-electron chi connectivity index (χ1n) is 10.2. The van der Waals surface area contributed by atoms with Crippen molar-refractivity contribution in [2.75, 3.05) is 18.0 Å². The number of carbonyl (C=O) groups is 3. The maximum absolute atomic E-state index is 12.7. The number of nitrogens with zero attached hydrogens (tertiary/aromatic N) is 2. The number of urea groups is 1. The van der Waals surface area contributed by atoms with Crippen molar-refractivity contribution < 1.29 is 19.1 Å². The third-order valence-electron chi connectivity index (χ3n) is 5.50. The highest BCUT2D eigenvalue weighted by Crippen LogP contribution is 2.23. The Morgan fingerprint density at radius 2 is 1.80 bits per heavy atom. The number of amides is 4. The first-order chi connectivity index (χ1) is 14.5. The van der Waals surface area contributed by atoms with Gasteiger partial charge in [-0.05, 0) is 36.8 Å². The van der Waals surface area contributed by atoms with Crippen LogP contribution in [0, 0.1) is 6.92 Å². The lowest BCUT2D eigenvalue weighted by Gasteiger charge is -2.32. The van der Waals surface area contributed by atoms with Gasteiger partial charge >= 0.3 is 6.03 Å². The molecular weight excluding hydrogens is 382 g/mol. The summed E-state index contributed by atoms with van der Waals surface area (Å²) >= 11 is 0. The molecule has 30 heavy (non-hydrogen) atoms. The number of carbonyl (C=O) groups excluding carboxylic acids is 3. The smallest absolute Gasteiger partial charge is 0.329 e. The Morgan fingerprint density at radius 1 is 1.07 bits per heavy atom. The molecule has 0 unspecified atom stereocenters. The van der Waals surface area contributed by atoms with Crippen molar-refractivity contribution in [3.8, 4) is 5.75 Å². The number of nitrogens with one attached hydrogen (secondary N) is 1. The normalized spacial score (nSPS) is 19.7. The van der Waals surface area contributed by atoms with Crippen LogP contribution in [0.3, 0.4) is 0 Å². The zero-order valence-electron chi connectivity index (χ0n) is 16.9. The van der Waals surface area contributed by atoms with Crippen molar-refractivity contribution in [2.24, 2.45) is 0 Å². The lowest BCUT2D eigenvalue weighted by Crippen LogP contribution is -2.44. The van der Waals surface area contributed by atoms with Crippen molar-refractivity contribution in [1.29, 1.82) is 0 Å². The Bertz CT molecular complexity index is 938. The van der Waals surface area contributed by atoms with Crippen LogP contribution in [0.1, 0.15) is 24.8 Å². The van der Waals surface area contributed by atoms with Gasteiger partial charge in [0, 0.05) is 25.9 Å². The molecule has 2 aromatic carbocycles. The van der Waals surface area contributed by atoms with Crippen LogP contribution in [0.5, 0.6) is 5.75 Å². The predicted octanol–water partition coefficient (Wildman–Crippen LogP) is 2.88. The summed E-state index contributed by atoms with van der Waals surface area (Å²) in [6, 6.07) is 15.3. The van der Waals surface area contributed by atoms with Gasteiger partial charge in [0.05, 0.1) is 12.1 Å². The number of anilines is 1. The number of likely N-dealkylation sites (tertiary alicyclic amines) is 1. The van der Waals surface area contributed by atoms with Gasteiger partial charge in [-0.25, -0.2) is 9.69 Å². The SMILES string of the molecule is Cc1cccc(OC2CCN(C(=O)C[C@H]3NC(=O)N(c4ccccc4)C3=O)CC2)c1. The van der Waals surface area contributed by atoms with Crippen molar-refractivity contribution in [3.63, 3.8) is 0 Å². The van der Waals surface area contributed by atoms with Crippen molar-refractivity contribution >= 4 is 23.5 Å². The topological polar surface area (TPSA) is 79.0 Å². The van der Waals surface area contributed by atoms with Gasteiger partial charge in [0.2, 0.25) is 5.91 Å². The summed E-state index contributed by atoms with van der Waals surface area (Å²) in [5, 5.41) is 2.63. The van der Waals surface area contributed by atoms with Crippen molar-refractivity contribution in [1.82, 2.24) is 10.2 Å². The Hall–Kier alpha value is -3.35. The van der Waals surface area contributed by atoms with E-state index in [1.807, 2.05) is 37.3 Å². The number of ether oxygens (including phenoxy) is 1. The Morgan fingerprint density at radius 3 is 2.50 bits per heavy atom. The minimum Gasteiger partial charge on any atom is -0.490 e. The van der Waals surface area contributed by atoms with Crippen LogP contribution >= 0.6 is 0 Å². The summed E-state index contributed by atoms with van der Waals surface area (Å²) in [5.41, 5.74) is 1.65. The fourth-order valence-electron chi connectivity index (χ4n) is 3.90. The number of piperidine rings is 1. The molecule has 4 rings (SSSR count). The second-order valence-corrected chi connectivity index (χ2v) is 7.73. The Labute approximate surface area is 175 Å². The molecule has 2 aliphatic heterocycles. The summed E-state index contributed by atoms with van der Waals surface area (Å²) in [6.07, 6.45) is 1.51. The summed E-state index contributed by atoms with van der Waals surface area (Å²) in [5.74, 6) is 0.329. The van der Waals surface area contributed by atoms with E-state index in [-0.39, 0.29) is 18.4 Å². The van der Waals surface area contributed by atoms with E-state index in [2.05, 4.69) is 5.32 Å². The van der Waals surface area contributed by atoms with E-state index in [1.165, 1.54) is 0 Å². The monoisotopic (exact) mass is 407 g/mol. The molecule has 2 saturated heterocycles. The van der Waals surface area contributed by atoms with E-state index in [4.69, 9.17) is 4.74 Å². The number of benzene rings is 2. The number of para-hydroxylation sites is 1. The van der Waals surface area contributed by atoms with Gasteiger partial charge in [0.1, 0.15) is 17.9 Å². The zero-order chi connectivity index (χ0) is 21.1. The molecule has 0 saturated carbocycles. The first kappa shape index (κ1) is 19.9. The first-order valence-corrected chi connectivity index (χ1v) is 10.2. The second kappa shape index (κ2) is 8.57. The van der Waals surface area contributed by atoms with Crippen LogP contribution in [-0.2, 0) is 9.59 Å². The molecular formula is C23H25N3O4. The third kappa shape index (κ3) is 4.30. The van der Waals surface area contributed by atoms with Gasteiger partial charge in [0.15, 0.2) is 0 Å². The highest BCUT2D eigenvalue weighted by atomic mass is 16.5. The highest BCUT2D eigenvalue weighted by molar-refractivity contribution is 6.22. The fraction of sp³-hybridized carbons (Fsp3) is 0.348. The molecule has 1 N–H and O–H groups in total. The quantitative estimate of drug-likeness (QED) is 0.773. The Kier molecular flexibility index (Phi) is 5.70. The van der Waals surface area contributed by atoms with Gasteiger partial charge in [-0.3, -0.25) is 9.59 Å². The number of hydrogen-bond acceptors (Lipinski definition) is 4. The molecule has 2 aliphatic rings. The molecule has 4 amide bonds. The minimum absolute atomic E-state index is 0.0304. The number of rotatable bonds is 5. The molecule has 2 fully saturated rings. The predicted molar refractivity (Wildman–Crippen MR) is 112 cm³/mol. The van der Waals surface area contributed by atoms with Crippen LogP contribution in [0.2, 0.25) is 0 Å². The second-order valence-electron chi connectivity index (χ2n) is 7.73. The Balaban J connectivity index is 1.30. The summed E-state index contributed by atoms with van der Waals surface area (Å²) < 4.78 is 6.04. The van der Waals surface area contributed by atoms with Gasteiger partial charge in [-0.2, -0.15) is 0 Å². The lowest BCUT2D eigenvalue weighted by molar-refractivity contribution is -0.135. The standard InChI is InChI=1S/C23H25N3O4/c1-16-6-5-9-19(14-16)30-18-10-12-25(13-11-18)21(27)15-20-22(28)26(23(29)24-20)17-7-3-2-4-8-17/h2-9,14,18,20H,10-13,15H2,1H3,(H,24,29)/t20-/m1/s1. The average Bonchev–Trinajstić information content (AvgIpc) is 3.02. The van der Waals surface area contributed by atoms with E-state index in [0.29, 0.717) is 18.8 Å². The highest BCUT2D eigenvalue weighted by Gasteiger charge is 2.40. The minimum atomic E-state index is -0.827. The maximum atomic E-state index is 12.7. The average molecular weight is 407 g/mol. The molecule has 0 radical (unpaired) electrons. The summed E-state index contributed by atoms with van der Waals surface area (Å²) in [4.78, 5) is 40.5. The fourth-order valence-corrected chi connectivity index (χ4v) is 3.90. The van der Waals surface area contributed by atoms with Gasteiger partial charge < -0.3 is 15.0 Å². The van der Waals surface area contributed by atoms with Crippen LogP contribution in [0.25, 0.3) is 0 Å². The number of aryl methyl sites for hydroxylation is 1. The number of hydrogen-bond donors (Lipinski definition) is 1. The summed E-state index contributed by atoms with van der Waals surface area (Å²) in [7, 11) is 0. The number of imide groups is 1. The molecule has 2 heterocycles. The molecule has 156 valence electrons. The van der Waals surface area contributed by atoms with Gasteiger partial charge in [0.25, 0.3) is 5.91 Å². The van der Waals surface area contributed by atoms with E-state index < -0.39 is 18.0 Å². The summed E-state index contributed by atoms with van der Waals surface area (Å²) in [6.45, 7) is 3.18. The van der Waals surface area contributed by atoms with E-state index in [9.17, 15) is 14.4 Å². The van der Waals surface area contributed by atoms with Crippen LogP contribution in [0.15, 0.2) is 54.6 Å². The van der Waals surface area contributed by atoms with Gasteiger partial charge in [-0.15, -0.1) is 0 Å². The zero-order valence-corrected chi connectivity index (χ0v) is 16.9. The lowest BCUT2D eigenvalue weighted by atomic mass is 10.1. The molecule has 0 spiro atoms. The molecule has 2 aromatic rings. The molecule has 0 aromatic heterocycles. The van der Waals surface area contributed by atoms with Crippen molar-refractivity contribution in [3.05, 3.63) is 60.2 Å².